The van der Waals surface area contributed by atoms with E-state index < -0.39 is 6.17 Å². The zero-order chi connectivity index (χ0) is 9.84. The first kappa shape index (κ1) is 10.6. The third kappa shape index (κ3) is 3.02. The molecule has 76 valence electrons. The van der Waals surface area contributed by atoms with E-state index in [0.29, 0.717) is 18.8 Å². The van der Waals surface area contributed by atoms with Gasteiger partial charge in [-0.15, -0.1) is 0 Å². The predicted octanol–water partition coefficient (Wildman–Crippen LogP) is 3.46. The first-order valence-corrected chi connectivity index (χ1v) is 5.09. The third-order valence-corrected chi connectivity index (χ3v) is 2.59. The summed E-state index contributed by atoms with van der Waals surface area (Å²) in [5.74, 6) is 1.50. The summed E-state index contributed by atoms with van der Waals surface area (Å²) in [6.45, 7) is 6.77. The standard InChI is InChI=1S/C11H19FO/c1-4-11(12)6-10-5-8(2)7-13-9(10)3/h8,11H,4-7H2,1-3H3. The maximum absolute atomic E-state index is 13.1. The van der Waals surface area contributed by atoms with Gasteiger partial charge in [0.25, 0.3) is 0 Å². The molecule has 0 bridgehead atoms. The van der Waals surface area contributed by atoms with Gasteiger partial charge in [-0.25, -0.2) is 4.39 Å². The second-order valence-corrected chi connectivity index (χ2v) is 3.99. The van der Waals surface area contributed by atoms with Gasteiger partial charge >= 0.3 is 0 Å². The van der Waals surface area contributed by atoms with Gasteiger partial charge in [-0.1, -0.05) is 13.8 Å². The van der Waals surface area contributed by atoms with Crippen molar-refractivity contribution in [2.45, 2.75) is 46.2 Å². The van der Waals surface area contributed by atoms with Gasteiger partial charge in [-0.2, -0.15) is 0 Å². The van der Waals surface area contributed by atoms with E-state index in [4.69, 9.17) is 4.74 Å². The summed E-state index contributed by atoms with van der Waals surface area (Å²) < 4.78 is 18.6. The van der Waals surface area contributed by atoms with Crippen molar-refractivity contribution in [3.05, 3.63) is 11.3 Å². The Kier molecular flexibility index (Phi) is 3.76. The van der Waals surface area contributed by atoms with Crippen LogP contribution < -0.4 is 0 Å². The molecule has 0 aromatic heterocycles. The molecule has 2 heteroatoms. The summed E-state index contributed by atoms with van der Waals surface area (Å²) in [6.07, 6.45) is 1.48. The molecule has 1 heterocycles. The molecule has 0 aromatic rings. The molecule has 0 radical (unpaired) electrons. The van der Waals surface area contributed by atoms with E-state index in [2.05, 4.69) is 6.92 Å². The fourth-order valence-corrected chi connectivity index (χ4v) is 1.63. The Morgan fingerprint density at radius 1 is 1.62 bits per heavy atom. The number of allylic oxidation sites excluding steroid dienone is 2. The predicted molar refractivity (Wildman–Crippen MR) is 52.2 cm³/mol. The van der Waals surface area contributed by atoms with Crippen LogP contribution in [0.5, 0.6) is 0 Å². The zero-order valence-electron chi connectivity index (χ0n) is 8.77. The van der Waals surface area contributed by atoms with Crippen molar-refractivity contribution < 1.29 is 9.13 Å². The highest BCUT2D eigenvalue weighted by Crippen LogP contribution is 2.27. The molecule has 0 spiro atoms. The molecule has 0 aliphatic carbocycles. The van der Waals surface area contributed by atoms with Gasteiger partial charge in [0.1, 0.15) is 6.17 Å². The van der Waals surface area contributed by atoms with Crippen molar-refractivity contribution in [1.29, 1.82) is 0 Å². The van der Waals surface area contributed by atoms with Crippen molar-refractivity contribution in [3.63, 3.8) is 0 Å². The van der Waals surface area contributed by atoms with Gasteiger partial charge in [-0.3, -0.25) is 0 Å². The minimum absolute atomic E-state index is 0.544. The fraction of sp³-hybridized carbons (Fsp3) is 0.818. The molecular weight excluding hydrogens is 167 g/mol. The van der Waals surface area contributed by atoms with Crippen LogP contribution in [0.25, 0.3) is 0 Å². The lowest BCUT2D eigenvalue weighted by Gasteiger charge is -2.24. The lowest BCUT2D eigenvalue weighted by Crippen LogP contribution is -2.16. The molecule has 0 amide bonds. The van der Waals surface area contributed by atoms with Crippen molar-refractivity contribution in [3.8, 4) is 0 Å². The first-order chi connectivity index (χ1) is 6.13. The average molecular weight is 186 g/mol. The van der Waals surface area contributed by atoms with Crippen LogP contribution in [0.15, 0.2) is 11.3 Å². The van der Waals surface area contributed by atoms with Gasteiger partial charge in [0, 0.05) is 6.42 Å². The molecule has 0 aromatic carbocycles. The summed E-state index contributed by atoms with van der Waals surface area (Å²) in [5, 5.41) is 0. The molecular formula is C11H19FO. The topological polar surface area (TPSA) is 9.23 Å². The average Bonchev–Trinajstić information content (AvgIpc) is 2.11. The van der Waals surface area contributed by atoms with Gasteiger partial charge in [0.05, 0.1) is 12.4 Å². The van der Waals surface area contributed by atoms with E-state index in [1.807, 2.05) is 13.8 Å². The summed E-state index contributed by atoms with van der Waals surface area (Å²) in [4.78, 5) is 0. The van der Waals surface area contributed by atoms with Crippen molar-refractivity contribution in [2.75, 3.05) is 6.61 Å². The second kappa shape index (κ2) is 4.64. The Balaban J connectivity index is 2.55. The molecule has 0 saturated heterocycles. The van der Waals surface area contributed by atoms with Crippen LogP contribution in [-0.4, -0.2) is 12.8 Å². The Hall–Kier alpha value is -0.530. The van der Waals surface area contributed by atoms with Gasteiger partial charge in [-0.05, 0) is 31.3 Å². The number of alkyl halides is 1. The Bertz CT molecular complexity index is 198. The molecule has 0 N–H and O–H groups in total. The van der Waals surface area contributed by atoms with Gasteiger partial charge in [0.15, 0.2) is 0 Å². The summed E-state index contributed by atoms with van der Waals surface area (Å²) in [7, 11) is 0. The van der Waals surface area contributed by atoms with E-state index in [0.717, 1.165) is 18.8 Å². The summed E-state index contributed by atoms with van der Waals surface area (Å²) in [5.41, 5.74) is 1.17. The SMILES string of the molecule is CCC(F)CC1=C(C)OCC(C)C1. The maximum atomic E-state index is 13.1. The largest absolute Gasteiger partial charge is 0.498 e. The Morgan fingerprint density at radius 2 is 2.31 bits per heavy atom. The molecule has 0 fully saturated rings. The van der Waals surface area contributed by atoms with E-state index in [9.17, 15) is 4.39 Å². The molecule has 0 saturated carbocycles. The van der Waals surface area contributed by atoms with E-state index in [1.165, 1.54) is 5.57 Å². The van der Waals surface area contributed by atoms with Crippen molar-refractivity contribution >= 4 is 0 Å². The summed E-state index contributed by atoms with van der Waals surface area (Å²) >= 11 is 0. The smallest absolute Gasteiger partial charge is 0.104 e. The highest BCUT2D eigenvalue weighted by molar-refractivity contribution is 5.11. The molecule has 1 rings (SSSR count). The molecule has 1 aliphatic heterocycles. The van der Waals surface area contributed by atoms with Gasteiger partial charge < -0.3 is 4.74 Å². The van der Waals surface area contributed by atoms with Crippen LogP contribution in [0.2, 0.25) is 0 Å². The first-order valence-electron chi connectivity index (χ1n) is 5.09. The Labute approximate surface area is 80.0 Å². The van der Waals surface area contributed by atoms with E-state index in [-0.39, 0.29) is 0 Å². The molecule has 2 unspecified atom stereocenters. The van der Waals surface area contributed by atoms with Crippen LogP contribution in [-0.2, 0) is 4.74 Å². The highest BCUT2D eigenvalue weighted by atomic mass is 19.1. The maximum Gasteiger partial charge on any atom is 0.104 e. The highest BCUT2D eigenvalue weighted by Gasteiger charge is 2.18. The van der Waals surface area contributed by atoms with E-state index in [1.54, 1.807) is 0 Å². The third-order valence-electron chi connectivity index (χ3n) is 2.59. The number of ether oxygens (including phenoxy) is 1. The summed E-state index contributed by atoms with van der Waals surface area (Å²) in [6, 6.07) is 0. The Morgan fingerprint density at radius 3 is 2.92 bits per heavy atom. The number of halogens is 1. The lowest BCUT2D eigenvalue weighted by molar-refractivity contribution is 0.143. The number of hydrogen-bond acceptors (Lipinski definition) is 1. The van der Waals surface area contributed by atoms with Crippen molar-refractivity contribution in [2.24, 2.45) is 5.92 Å². The molecule has 1 aliphatic rings. The minimum atomic E-state index is -0.696. The van der Waals surface area contributed by atoms with Crippen LogP contribution in [0.4, 0.5) is 4.39 Å². The number of hydrogen-bond donors (Lipinski definition) is 0. The fourth-order valence-electron chi connectivity index (χ4n) is 1.63. The quantitative estimate of drug-likeness (QED) is 0.656. The van der Waals surface area contributed by atoms with Gasteiger partial charge in [0.2, 0.25) is 0 Å². The van der Waals surface area contributed by atoms with Crippen LogP contribution in [0.1, 0.15) is 40.0 Å². The lowest BCUT2D eigenvalue weighted by atomic mass is 9.94. The van der Waals surface area contributed by atoms with Crippen LogP contribution >= 0.6 is 0 Å². The molecule has 2 atom stereocenters. The van der Waals surface area contributed by atoms with E-state index >= 15 is 0 Å². The van der Waals surface area contributed by atoms with Crippen LogP contribution in [0.3, 0.4) is 0 Å². The molecule has 13 heavy (non-hydrogen) atoms. The molecule has 1 nitrogen and oxygen atoms in total. The normalized spacial score (nSPS) is 25.7. The zero-order valence-corrected chi connectivity index (χ0v) is 8.77. The van der Waals surface area contributed by atoms with Crippen molar-refractivity contribution in [1.82, 2.24) is 0 Å². The second-order valence-electron chi connectivity index (χ2n) is 3.99. The van der Waals surface area contributed by atoms with Crippen LogP contribution in [0, 0.1) is 5.92 Å². The number of rotatable bonds is 3. The minimum Gasteiger partial charge on any atom is -0.498 e. The monoisotopic (exact) mass is 186 g/mol.